The van der Waals surface area contributed by atoms with Crippen LogP contribution in [-0.4, -0.2) is 36.0 Å². The molecule has 0 spiro atoms. The second-order valence-corrected chi connectivity index (χ2v) is 3.53. The Kier molecular flexibility index (Phi) is 2.98. The summed E-state index contributed by atoms with van der Waals surface area (Å²) in [5.41, 5.74) is 0.759. The molecule has 1 heterocycles. The summed E-state index contributed by atoms with van der Waals surface area (Å²) < 4.78 is 2.70. The second kappa shape index (κ2) is 4.44. The van der Waals surface area contributed by atoms with Gasteiger partial charge < -0.3 is 10.2 Å². The summed E-state index contributed by atoms with van der Waals surface area (Å²) in [6.45, 7) is -0.355. The lowest BCUT2D eigenvalue weighted by Crippen LogP contribution is -2.01. The summed E-state index contributed by atoms with van der Waals surface area (Å²) in [7, 11) is 0. The van der Waals surface area contributed by atoms with Crippen molar-refractivity contribution in [2.24, 2.45) is 0 Å². The zero-order valence-corrected chi connectivity index (χ0v) is 9.33. The summed E-state index contributed by atoms with van der Waals surface area (Å²) in [6, 6.07) is 6.01. The van der Waals surface area contributed by atoms with Crippen LogP contribution in [-0.2, 0) is 6.73 Å². The maximum absolute atomic E-state index is 10.7. The fourth-order valence-corrected chi connectivity index (χ4v) is 1.51. The summed E-state index contributed by atoms with van der Waals surface area (Å²) >= 11 is 5.02. The highest BCUT2D eigenvalue weighted by Crippen LogP contribution is 2.09. The number of rotatable bonds is 3. The molecule has 0 unspecified atom stereocenters. The first kappa shape index (κ1) is 11.4. The number of carboxylic acids is 1. The van der Waals surface area contributed by atoms with Gasteiger partial charge in [0.05, 0.1) is 11.3 Å². The summed E-state index contributed by atoms with van der Waals surface area (Å²) in [5, 5.41) is 25.0. The van der Waals surface area contributed by atoms with Gasteiger partial charge in [-0.25, -0.2) is 4.79 Å². The van der Waals surface area contributed by atoms with Gasteiger partial charge in [-0.05, 0) is 46.9 Å². The van der Waals surface area contributed by atoms with Gasteiger partial charge in [0.25, 0.3) is 0 Å². The van der Waals surface area contributed by atoms with Gasteiger partial charge >= 0.3 is 5.97 Å². The quantitative estimate of drug-likeness (QED) is 0.770. The Bertz CT molecular complexity index is 601. The maximum atomic E-state index is 10.7. The van der Waals surface area contributed by atoms with E-state index < -0.39 is 5.97 Å². The summed E-state index contributed by atoms with van der Waals surface area (Å²) in [6.07, 6.45) is 0. The largest absolute Gasteiger partial charge is 0.478 e. The van der Waals surface area contributed by atoms with E-state index in [2.05, 4.69) is 10.4 Å². The zero-order chi connectivity index (χ0) is 12.4. The highest BCUT2D eigenvalue weighted by Gasteiger charge is 2.06. The van der Waals surface area contributed by atoms with Crippen molar-refractivity contribution in [2.75, 3.05) is 0 Å². The number of tetrazole rings is 1. The third-order valence-electron chi connectivity index (χ3n) is 2.13. The molecule has 1 aromatic heterocycles. The first-order valence-corrected chi connectivity index (χ1v) is 5.01. The van der Waals surface area contributed by atoms with Crippen molar-refractivity contribution in [1.29, 1.82) is 0 Å². The molecular formula is C9H8N4O3S. The van der Waals surface area contributed by atoms with E-state index in [4.69, 9.17) is 22.4 Å². The molecule has 2 rings (SSSR count). The van der Waals surface area contributed by atoms with Crippen LogP contribution < -0.4 is 0 Å². The van der Waals surface area contributed by atoms with E-state index in [0.717, 1.165) is 4.68 Å². The van der Waals surface area contributed by atoms with Gasteiger partial charge in [-0.2, -0.15) is 9.36 Å². The van der Waals surface area contributed by atoms with E-state index in [1.54, 1.807) is 12.1 Å². The van der Waals surface area contributed by atoms with Gasteiger partial charge in [-0.15, -0.1) is 0 Å². The molecule has 0 bridgehead atoms. The zero-order valence-electron chi connectivity index (χ0n) is 8.52. The lowest BCUT2D eigenvalue weighted by atomic mass is 10.2. The standard InChI is InChI=1S/C9H8N4O3S/c14-5-12-9(17)13(11-10-12)7-3-1-6(2-4-7)8(15)16/h1-4,14H,5H2,(H,15,16). The second-order valence-electron chi connectivity index (χ2n) is 3.17. The molecule has 1 aromatic carbocycles. The fourth-order valence-electron chi connectivity index (χ4n) is 1.27. The highest BCUT2D eigenvalue weighted by atomic mass is 32.1. The molecule has 0 saturated heterocycles. The molecule has 0 radical (unpaired) electrons. The number of aromatic carboxylic acids is 1. The Balaban J connectivity index is 2.43. The van der Waals surface area contributed by atoms with Crippen LogP contribution in [0.15, 0.2) is 24.3 Å². The van der Waals surface area contributed by atoms with E-state index in [-0.39, 0.29) is 17.1 Å². The first-order chi connectivity index (χ1) is 8.13. The average Bonchev–Trinajstić information content (AvgIpc) is 2.70. The number of hydrogen-bond acceptors (Lipinski definition) is 5. The molecule has 2 aromatic rings. The molecular weight excluding hydrogens is 244 g/mol. The Labute approximate surface area is 101 Å². The SMILES string of the molecule is O=C(O)c1ccc(-n2nnn(CO)c2=S)cc1. The van der Waals surface area contributed by atoms with Crippen LogP contribution in [0.1, 0.15) is 10.4 Å². The number of aromatic nitrogens is 4. The van der Waals surface area contributed by atoms with Crippen LogP contribution in [0, 0.1) is 4.77 Å². The van der Waals surface area contributed by atoms with Gasteiger partial charge in [0, 0.05) is 0 Å². The van der Waals surface area contributed by atoms with Gasteiger partial charge in [-0.3, -0.25) is 0 Å². The highest BCUT2D eigenvalue weighted by molar-refractivity contribution is 7.71. The number of aliphatic hydroxyl groups excluding tert-OH is 1. The van der Waals surface area contributed by atoms with Crippen molar-refractivity contribution in [3.8, 4) is 5.69 Å². The molecule has 0 aliphatic heterocycles. The van der Waals surface area contributed by atoms with E-state index in [1.807, 2.05) is 0 Å². The Morgan fingerprint density at radius 3 is 2.41 bits per heavy atom. The van der Waals surface area contributed by atoms with E-state index in [0.29, 0.717) is 5.69 Å². The van der Waals surface area contributed by atoms with Crippen LogP contribution in [0.25, 0.3) is 5.69 Å². The third-order valence-corrected chi connectivity index (χ3v) is 2.52. The summed E-state index contributed by atoms with van der Waals surface area (Å²) in [5.74, 6) is -1.00. The Morgan fingerprint density at radius 2 is 1.94 bits per heavy atom. The van der Waals surface area contributed by atoms with Crippen molar-refractivity contribution in [3.05, 3.63) is 34.6 Å². The Morgan fingerprint density at radius 1 is 1.29 bits per heavy atom. The van der Waals surface area contributed by atoms with Crippen molar-refractivity contribution in [1.82, 2.24) is 19.8 Å². The molecule has 0 atom stereocenters. The van der Waals surface area contributed by atoms with E-state index in [1.165, 1.54) is 16.8 Å². The average molecular weight is 252 g/mol. The predicted molar refractivity (Wildman–Crippen MR) is 59.4 cm³/mol. The van der Waals surface area contributed by atoms with Crippen molar-refractivity contribution in [3.63, 3.8) is 0 Å². The number of nitrogens with zero attached hydrogens (tertiary/aromatic N) is 4. The number of carbonyl (C=O) groups is 1. The molecule has 2 N–H and O–H groups in total. The normalized spacial score (nSPS) is 10.4. The van der Waals surface area contributed by atoms with Crippen LogP contribution in [0.2, 0.25) is 0 Å². The topological polar surface area (TPSA) is 93.2 Å². The molecule has 7 nitrogen and oxygen atoms in total. The monoisotopic (exact) mass is 252 g/mol. The van der Waals surface area contributed by atoms with Gasteiger partial charge in [-0.1, -0.05) is 0 Å². The molecule has 8 heteroatoms. The number of carboxylic acid groups (broad SMARTS) is 1. The van der Waals surface area contributed by atoms with Gasteiger partial charge in [0.1, 0.15) is 6.73 Å². The van der Waals surface area contributed by atoms with Crippen LogP contribution >= 0.6 is 12.2 Å². The van der Waals surface area contributed by atoms with E-state index in [9.17, 15) is 4.79 Å². The van der Waals surface area contributed by atoms with Crippen LogP contribution in [0.3, 0.4) is 0 Å². The lowest BCUT2D eigenvalue weighted by Gasteiger charge is -2.00. The van der Waals surface area contributed by atoms with E-state index >= 15 is 0 Å². The number of aliphatic hydroxyl groups is 1. The summed E-state index contributed by atoms with van der Waals surface area (Å²) in [4.78, 5) is 10.7. The Hall–Kier alpha value is -2.06. The molecule has 0 aliphatic rings. The van der Waals surface area contributed by atoms with Crippen molar-refractivity contribution < 1.29 is 15.0 Å². The first-order valence-electron chi connectivity index (χ1n) is 4.61. The van der Waals surface area contributed by atoms with Gasteiger partial charge in [0.2, 0.25) is 4.77 Å². The van der Waals surface area contributed by atoms with Crippen molar-refractivity contribution >= 4 is 18.2 Å². The molecule has 88 valence electrons. The van der Waals surface area contributed by atoms with Crippen molar-refractivity contribution in [2.45, 2.75) is 6.73 Å². The lowest BCUT2D eigenvalue weighted by molar-refractivity contribution is 0.0697. The minimum atomic E-state index is -1.00. The molecule has 17 heavy (non-hydrogen) atoms. The molecule has 0 aliphatic carbocycles. The van der Waals surface area contributed by atoms with Crippen LogP contribution in [0.5, 0.6) is 0 Å². The molecule has 0 fully saturated rings. The van der Waals surface area contributed by atoms with Gasteiger partial charge in [0.15, 0.2) is 0 Å². The van der Waals surface area contributed by atoms with Crippen LogP contribution in [0.4, 0.5) is 0 Å². The minimum Gasteiger partial charge on any atom is -0.478 e. The third kappa shape index (κ3) is 2.08. The number of hydrogen-bond donors (Lipinski definition) is 2. The fraction of sp³-hybridized carbons (Fsp3) is 0.111. The predicted octanol–water partition coefficient (Wildman–Crippen LogP) is 0.446. The molecule has 0 saturated carbocycles. The number of benzene rings is 1. The maximum Gasteiger partial charge on any atom is 0.335 e. The molecule has 0 amide bonds. The minimum absolute atomic E-state index is 0.176. The smallest absolute Gasteiger partial charge is 0.335 e.